The van der Waals surface area contributed by atoms with Gasteiger partial charge in [0.2, 0.25) is 0 Å². The number of carbonyl (C=O) groups excluding carboxylic acids is 1. The van der Waals surface area contributed by atoms with E-state index >= 15 is 0 Å². The van der Waals surface area contributed by atoms with Crippen molar-refractivity contribution in [1.82, 2.24) is 0 Å². The van der Waals surface area contributed by atoms with Crippen molar-refractivity contribution in [3.63, 3.8) is 0 Å². The number of nitrogens with one attached hydrogen (secondary N) is 1. The molecular formula is C22H20ClNO3. The smallest absolute Gasteiger partial charge is 0.337 e. The van der Waals surface area contributed by atoms with E-state index < -0.39 is 0 Å². The highest BCUT2D eigenvalue weighted by molar-refractivity contribution is 6.32. The lowest BCUT2D eigenvalue weighted by atomic mass is 10.0. The highest BCUT2D eigenvalue weighted by atomic mass is 35.5. The molecule has 3 aromatic rings. The summed E-state index contributed by atoms with van der Waals surface area (Å²) in [6, 6.07) is 21.2. The summed E-state index contributed by atoms with van der Waals surface area (Å²) < 4.78 is 9.91. The summed E-state index contributed by atoms with van der Waals surface area (Å²) in [5.41, 5.74) is 4.71. The van der Waals surface area contributed by atoms with Crippen LogP contribution in [-0.4, -0.2) is 20.2 Å². The topological polar surface area (TPSA) is 47.6 Å². The van der Waals surface area contributed by atoms with Crippen LogP contribution in [0.4, 0.5) is 5.69 Å². The van der Waals surface area contributed by atoms with Crippen LogP contribution >= 0.6 is 11.6 Å². The minimum atomic E-state index is -0.340. The third-order valence-electron chi connectivity index (χ3n) is 4.21. The minimum Gasteiger partial charge on any atom is -0.495 e. The Morgan fingerprint density at radius 3 is 2.37 bits per heavy atom. The summed E-state index contributed by atoms with van der Waals surface area (Å²) in [6.45, 7) is 0.662. The molecule has 4 nitrogen and oxygen atoms in total. The van der Waals surface area contributed by atoms with Crippen LogP contribution in [0.1, 0.15) is 15.9 Å². The van der Waals surface area contributed by atoms with Crippen molar-refractivity contribution in [2.24, 2.45) is 0 Å². The molecule has 0 radical (unpaired) electrons. The average molecular weight is 382 g/mol. The molecule has 0 aliphatic rings. The molecule has 5 heteroatoms. The number of rotatable bonds is 6. The number of methoxy groups -OCH3 is 2. The first-order valence-corrected chi connectivity index (χ1v) is 8.83. The summed E-state index contributed by atoms with van der Waals surface area (Å²) in [4.78, 5) is 11.5. The first kappa shape index (κ1) is 18.8. The van der Waals surface area contributed by atoms with E-state index in [0.717, 1.165) is 22.4 Å². The number of anilines is 1. The normalized spacial score (nSPS) is 10.3. The number of hydrogen-bond acceptors (Lipinski definition) is 4. The van der Waals surface area contributed by atoms with Gasteiger partial charge >= 0.3 is 5.97 Å². The van der Waals surface area contributed by atoms with Crippen LogP contribution in [0.2, 0.25) is 5.02 Å². The van der Waals surface area contributed by atoms with Gasteiger partial charge in [-0.05, 0) is 59.2 Å². The van der Waals surface area contributed by atoms with Gasteiger partial charge in [-0.15, -0.1) is 0 Å². The fourth-order valence-corrected chi connectivity index (χ4v) is 3.01. The summed E-state index contributed by atoms with van der Waals surface area (Å²) in [5, 5.41) is 3.94. The lowest BCUT2D eigenvalue weighted by molar-refractivity contribution is 0.0601. The summed E-state index contributed by atoms with van der Waals surface area (Å²) in [6.07, 6.45) is 0. The van der Waals surface area contributed by atoms with Crippen molar-refractivity contribution in [2.45, 2.75) is 6.54 Å². The molecule has 0 fully saturated rings. The van der Waals surface area contributed by atoms with Crippen LogP contribution in [0.3, 0.4) is 0 Å². The van der Waals surface area contributed by atoms with Gasteiger partial charge in [-0.2, -0.15) is 0 Å². The Balaban J connectivity index is 1.71. The Morgan fingerprint density at radius 2 is 1.70 bits per heavy atom. The predicted molar refractivity (Wildman–Crippen MR) is 109 cm³/mol. The molecule has 27 heavy (non-hydrogen) atoms. The number of carbonyl (C=O) groups is 1. The largest absolute Gasteiger partial charge is 0.495 e. The van der Waals surface area contributed by atoms with Gasteiger partial charge in [-0.3, -0.25) is 0 Å². The molecule has 138 valence electrons. The Kier molecular flexibility index (Phi) is 5.99. The number of esters is 1. The Hall–Kier alpha value is -2.98. The van der Waals surface area contributed by atoms with E-state index in [1.165, 1.54) is 7.11 Å². The molecule has 0 unspecified atom stereocenters. The van der Waals surface area contributed by atoms with Crippen LogP contribution in [-0.2, 0) is 11.3 Å². The first-order chi connectivity index (χ1) is 13.1. The van der Waals surface area contributed by atoms with Crippen molar-refractivity contribution in [3.8, 4) is 16.9 Å². The van der Waals surface area contributed by atoms with Gasteiger partial charge in [0.25, 0.3) is 0 Å². The van der Waals surface area contributed by atoms with Crippen LogP contribution < -0.4 is 10.1 Å². The second-order valence-corrected chi connectivity index (χ2v) is 6.38. The number of benzene rings is 3. The molecule has 0 saturated carbocycles. The van der Waals surface area contributed by atoms with Crippen molar-refractivity contribution in [1.29, 1.82) is 0 Å². The van der Waals surface area contributed by atoms with E-state index in [0.29, 0.717) is 22.9 Å². The zero-order chi connectivity index (χ0) is 19.2. The molecule has 0 bridgehead atoms. The SMILES string of the molecule is COC(=O)c1ccc(NCc2cccc(-c3ccc(OC)c(Cl)c3)c2)cc1. The molecule has 0 spiro atoms. The average Bonchev–Trinajstić information content (AvgIpc) is 2.72. The zero-order valence-corrected chi connectivity index (χ0v) is 15.9. The minimum absolute atomic E-state index is 0.340. The third-order valence-corrected chi connectivity index (χ3v) is 4.51. The van der Waals surface area contributed by atoms with Crippen molar-refractivity contribution in [3.05, 3.63) is 82.9 Å². The standard InChI is InChI=1S/C22H20ClNO3/c1-26-21-11-8-18(13-20(21)23)17-5-3-4-15(12-17)14-24-19-9-6-16(7-10-19)22(25)27-2/h3-13,24H,14H2,1-2H3. The van der Waals surface area contributed by atoms with E-state index in [1.54, 1.807) is 19.2 Å². The quantitative estimate of drug-likeness (QED) is 0.579. The fraction of sp³-hybridized carbons (Fsp3) is 0.136. The van der Waals surface area contributed by atoms with Gasteiger partial charge in [-0.1, -0.05) is 35.9 Å². The second-order valence-electron chi connectivity index (χ2n) is 5.97. The van der Waals surface area contributed by atoms with Gasteiger partial charge in [0, 0.05) is 12.2 Å². The molecule has 0 heterocycles. The number of hydrogen-bond donors (Lipinski definition) is 1. The molecule has 3 aromatic carbocycles. The Morgan fingerprint density at radius 1 is 0.963 bits per heavy atom. The maximum absolute atomic E-state index is 11.5. The first-order valence-electron chi connectivity index (χ1n) is 8.46. The molecule has 0 saturated heterocycles. The summed E-state index contributed by atoms with van der Waals surface area (Å²) >= 11 is 6.24. The summed E-state index contributed by atoms with van der Waals surface area (Å²) in [7, 11) is 2.97. The number of ether oxygens (including phenoxy) is 2. The highest BCUT2D eigenvalue weighted by Crippen LogP contribution is 2.30. The van der Waals surface area contributed by atoms with Crippen LogP contribution in [0.15, 0.2) is 66.7 Å². The van der Waals surface area contributed by atoms with Gasteiger partial charge < -0.3 is 14.8 Å². The van der Waals surface area contributed by atoms with Gasteiger partial charge in [-0.25, -0.2) is 4.79 Å². The van der Waals surface area contributed by atoms with Crippen molar-refractivity contribution < 1.29 is 14.3 Å². The molecule has 0 amide bonds. The highest BCUT2D eigenvalue weighted by Gasteiger charge is 2.06. The van der Waals surface area contributed by atoms with E-state index in [4.69, 9.17) is 21.1 Å². The zero-order valence-electron chi connectivity index (χ0n) is 15.2. The van der Waals surface area contributed by atoms with Crippen molar-refractivity contribution >= 4 is 23.3 Å². The number of halogens is 1. The monoisotopic (exact) mass is 381 g/mol. The van der Waals surface area contributed by atoms with E-state index in [-0.39, 0.29) is 5.97 Å². The van der Waals surface area contributed by atoms with E-state index in [2.05, 4.69) is 17.4 Å². The molecule has 0 atom stereocenters. The van der Waals surface area contributed by atoms with Crippen LogP contribution in [0.5, 0.6) is 5.75 Å². The second kappa shape index (κ2) is 8.60. The van der Waals surface area contributed by atoms with Crippen molar-refractivity contribution in [2.75, 3.05) is 19.5 Å². The molecule has 0 aliphatic heterocycles. The fourth-order valence-electron chi connectivity index (χ4n) is 2.75. The van der Waals surface area contributed by atoms with Gasteiger partial charge in [0.1, 0.15) is 5.75 Å². The van der Waals surface area contributed by atoms with E-state index in [1.807, 2.05) is 42.5 Å². The Labute approximate surface area is 163 Å². The molecular weight excluding hydrogens is 362 g/mol. The van der Waals surface area contributed by atoms with Crippen LogP contribution in [0, 0.1) is 0 Å². The maximum atomic E-state index is 11.5. The Bertz CT molecular complexity index is 939. The molecule has 0 aromatic heterocycles. The predicted octanol–water partition coefficient (Wildman–Crippen LogP) is 5.41. The van der Waals surface area contributed by atoms with E-state index in [9.17, 15) is 4.79 Å². The lowest BCUT2D eigenvalue weighted by Crippen LogP contribution is -2.02. The van der Waals surface area contributed by atoms with Crippen LogP contribution in [0.25, 0.3) is 11.1 Å². The maximum Gasteiger partial charge on any atom is 0.337 e. The summed E-state index contributed by atoms with van der Waals surface area (Å²) in [5.74, 6) is 0.320. The lowest BCUT2D eigenvalue weighted by Gasteiger charge is -2.10. The third kappa shape index (κ3) is 4.60. The van der Waals surface area contributed by atoms with Gasteiger partial charge in [0.15, 0.2) is 0 Å². The molecule has 0 aliphatic carbocycles. The van der Waals surface area contributed by atoms with Gasteiger partial charge in [0.05, 0.1) is 24.8 Å². The molecule has 3 rings (SSSR count). The molecule has 1 N–H and O–H groups in total.